The third-order valence-electron chi connectivity index (χ3n) is 6.81. The summed E-state index contributed by atoms with van der Waals surface area (Å²) >= 11 is 0. The molecule has 1 aliphatic heterocycles. The van der Waals surface area contributed by atoms with Gasteiger partial charge in [-0.2, -0.15) is 0 Å². The second-order valence-corrected chi connectivity index (χ2v) is 8.96. The van der Waals surface area contributed by atoms with E-state index in [-0.39, 0.29) is 12.4 Å². The highest BCUT2D eigenvalue weighted by molar-refractivity contribution is 6.07. The van der Waals surface area contributed by atoms with Crippen molar-refractivity contribution in [3.63, 3.8) is 0 Å². The minimum atomic E-state index is -1.40. The average Bonchev–Trinajstić information content (AvgIpc) is 3.51. The summed E-state index contributed by atoms with van der Waals surface area (Å²) in [6.45, 7) is 0.000306. The Balaban J connectivity index is 1.40. The Kier molecular flexibility index (Phi) is 4.75. The molecule has 4 heterocycles. The number of aryl methyl sites for hydroxylation is 1. The number of nitrogens with zero attached hydrogens (tertiary/aromatic N) is 3. The van der Waals surface area contributed by atoms with E-state index in [1.165, 1.54) is 0 Å². The number of urea groups is 1. The lowest BCUT2D eigenvalue weighted by atomic mass is 9.88. The van der Waals surface area contributed by atoms with E-state index in [2.05, 4.69) is 10.6 Å². The largest absolute Gasteiger partial charge is 0.497 e. The molecule has 0 radical (unpaired) electrons. The van der Waals surface area contributed by atoms with Gasteiger partial charge in [0.15, 0.2) is 11.4 Å². The molecule has 6 rings (SSSR count). The number of methoxy groups -OCH3 is 1. The highest BCUT2D eigenvalue weighted by Gasteiger charge is 2.48. The van der Waals surface area contributed by atoms with Crippen molar-refractivity contribution >= 4 is 33.7 Å². The third-order valence-corrected chi connectivity index (χ3v) is 6.81. The lowest BCUT2D eigenvalue weighted by molar-refractivity contribution is -0.124. The van der Waals surface area contributed by atoms with E-state index in [1.807, 2.05) is 54.2 Å². The Bertz CT molecular complexity index is 1670. The monoisotopic (exact) mass is 481 g/mol. The smallest absolute Gasteiger partial charge is 0.322 e. The number of hydrogen-bond donors (Lipinski definition) is 3. The Hall–Kier alpha value is -4.79. The number of carbonyl (C=O) groups excluding carboxylic acids is 2. The van der Waals surface area contributed by atoms with E-state index in [1.54, 1.807) is 42.1 Å². The molecule has 1 aliphatic rings. The predicted molar refractivity (Wildman–Crippen MR) is 135 cm³/mol. The molecule has 9 nitrogen and oxygen atoms in total. The van der Waals surface area contributed by atoms with Crippen LogP contribution in [0.1, 0.15) is 5.56 Å². The van der Waals surface area contributed by atoms with Crippen molar-refractivity contribution < 1.29 is 19.4 Å². The highest BCUT2D eigenvalue weighted by atomic mass is 16.5. The molecule has 5 aromatic rings. The summed E-state index contributed by atoms with van der Waals surface area (Å²) < 4.78 is 8.79. The van der Waals surface area contributed by atoms with Crippen LogP contribution in [0, 0.1) is 0 Å². The van der Waals surface area contributed by atoms with Gasteiger partial charge in [0.1, 0.15) is 11.4 Å². The number of benzene rings is 2. The lowest BCUT2D eigenvalue weighted by Crippen LogP contribution is -2.47. The number of fused-ring (bicyclic) bond motifs is 2. The molecular weight excluding hydrogens is 458 g/mol. The standard InChI is InChI=1S/C27H23N5O4/c1-31-12-11-17-6-10-22(28-23(17)31)16-3-7-19(8-4-16)27(25(34)29-26(35)30-27)15-32-14-18-5-9-20(36-2)13-21(18)24(32)33/h3-14,33H,15H2,1-2H3,(H2,29,30,34,35)/t27-/m0/s1. The zero-order valence-electron chi connectivity index (χ0n) is 19.6. The predicted octanol–water partition coefficient (Wildman–Crippen LogP) is 3.64. The minimum Gasteiger partial charge on any atom is -0.497 e. The molecule has 0 saturated carbocycles. The molecule has 1 atom stereocenters. The van der Waals surface area contributed by atoms with Gasteiger partial charge >= 0.3 is 6.03 Å². The maximum Gasteiger partial charge on any atom is 0.322 e. The zero-order chi connectivity index (χ0) is 25.0. The Morgan fingerprint density at radius 2 is 1.81 bits per heavy atom. The first-order chi connectivity index (χ1) is 17.4. The van der Waals surface area contributed by atoms with E-state index in [0.29, 0.717) is 16.7 Å². The van der Waals surface area contributed by atoms with Crippen LogP contribution in [-0.4, -0.2) is 38.3 Å². The fourth-order valence-corrected chi connectivity index (χ4v) is 4.85. The van der Waals surface area contributed by atoms with Crippen molar-refractivity contribution in [3.05, 3.63) is 78.6 Å². The van der Waals surface area contributed by atoms with Crippen LogP contribution >= 0.6 is 0 Å². The Labute approximate surface area is 205 Å². The summed E-state index contributed by atoms with van der Waals surface area (Å²) in [5.41, 5.74) is 1.74. The lowest BCUT2D eigenvalue weighted by Gasteiger charge is -2.27. The van der Waals surface area contributed by atoms with Gasteiger partial charge in [-0.25, -0.2) is 9.78 Å². The normalized spacial score (nSPS) is 17.5. The molecule has 3 aromatic heterocycles. The number of rotatable bonds is 5. The molecule has 0 bridgehead atoms. The van der Waals surface area contributed by atoms with Crippen molar-refractivity contribution in [1.82, 2.24) is 24.8 Å². The van der Waals surface area contributed by atoms with Gasteiger partial charge in [-0.3, -0.25) is 10.1 Å². The summed E-state index contributed by atoms with van der Waals surface area (Å²) in [6.07, 6.45) is 3.71. The fraction of sp³-hybridized carbons (Fsp3) is 0.148. The van der Waals surface area contributed by atoms with Crippen LogP contribution in [0.5, 0.6) is 11.6 Å². The van der Waals surface area contributed by atoms with Gasteiger partial charge < -0.3 is 24.3 Å². The zero-order valence-corrected chi connectivity index (χ0v) is 19.6. The molecule has 0 spiro atoms. The quantitative estimate of drug-likeness (QED) is 0.332. The maximum atomic E-state index is 13.1. The maximum absolute atomic E-state index is 13.1. The fourth-order valence-electron chi connectivity index (χ4n) is 4.85. The van der Waals surface area contributed by atoms with Crippen molar-refractivity contribution in [2.24, 2.45) is 7.05 Å². The number of pyridine rings is 1. The number of hydrogen-bond acceptors (Lipinski definition) is 5. The van der Waals surface area contributed by atoms with Crippen molar-refractivity contribution in [2.45, 2.75) is 12.1 Å². The van der Waals surface area contributed by atoms with Gasteiger partial charge in [0.25, 0.3) is 5.91 Å². The van der Waals surface area contributed by atoms with Crippen LogP contribution in [0.25, 0.3) is 33.1 Å². The minimum absolute atomic E-state index is 0.000306. The number of nitrogens with one attached hydrogen (secondary N) is 2. The van der Waals surface area contributed by atoms with Gasteiger partial charge in [-0.15, -0.1) is 0 Å². The van der Waals surface area contributed by atoms with Gasteiger partial charge in [-0.05, 0) is 42.0 Å². The van der Waals surface area contributed by atoms with Gasteiger partial charge in [-0.1, -0.05) is 24.3 Å². The van der Waals surface area contributed by atoms with Gasteiger partial charge in [0.05, 0.1) is 19.3 Å². The molecule has 3 N–H and O–H groups in total. The molecule has 3 amide bonds. The Morgan fingerprint density at radius 1 is 1.03 bits per heavy atom. The summed E-state index contributed by atoms with van der Waals surface area (Å²) in [5.74, 6) is 0.0992. The van der Waals surface area contributed by atoms with Crippen LogP contribution in [0.15, 0.2) is 73.1 Å². The van der Waals surface area contributed by atoms with E-state index in [0.717, 1.165) is 27.7 Å². The molecule has 36 heavy (non-hydrogen) atoms. The van der Waals surface area contributed by atoms with Crippen molar-refractivity contribution in [2.75, 3.05) is 7.11 Å². The summed E-state index contributed by atoms with van der Waals surface area (Å²) in [6, 6.07) is 18.1. The Morgan fingerprint density at radius 3 is 2.53 bits per heavy atom. The van der Waals surface area contributed by atoms with E-state index < -0.39 is 17.5 Å². The number of imide groups is 1. The van der Waals surface area contributed by atoms with Crippen molar-refractivity contribution in [1.29, 1.82) is 0 Å². The van der Waals surface area contributed by atoms with Crippen LogP contribution in [0.2, 0.25) is 0 Å². The molecule has 180 valence electrons. The number of amides is 3. The number of aromatic nitrogens is 3. The molecule has 0 aliphatic carbocycles. The van der Waals surface area contributed by atoms with Gasteiger partial charge in [0, 0.05) is 41.2 Å². The molecular formula is C27H23N5O4. The third kappa shape index (κ3) is 3.28. The molecule has 0 unspecified atom stereocenters. The molecule has 2 aromatic carbocycles. The second-order valence-electron chi connectivity index (χ2n) is 8.96. The van der Waals surface area contributed by atoms with Crippen LogP contribution in [-0.2, 0) is 23.9 Å². The van der Waals surface area contributed by atoms with E-state index in [9.17, 15) is 14.7 Å². The summed E-state index contributed by atoms with van der Waals surface area (Å²) in [5, 5.41) is 18.5. The number of aromatic hydroxyl groups is 1. The first kappa shape index (κ1) is 21.7. The number of ether oxygens (including phenoxy) is 1. The average molecular weight is 482 g/mol. The van der Waals surface area contributed by atoms with Crippen LogP contribution in [0.4, 0.5) is 4.79 Å². The van der Waals surface area contributed by atoms with E-state index in [4.69, 9.17) is 9.72 Å². The SMILES string of the molecule is COc1ccc2cn(C[C@@]3(c4ccc(-c5ccc6ccn(C)c6n5)cc4)NC(=O)NC3=O)c(O)c2c1. The number of carbonyl (C=O) groups is 2. The van der Waals surface area contributed by atoms with E-state index >= 15 is 0 Å². The topological polar surface area (TPSA) is 110 Å². The van der Waals surface area contributed by atoms with Crippen LogP contribution < -0.4 is 15.4 Å². The first-order valence-electron chi connectivity index (χ1n) is 11.4. The molecule has 1 fully saturated rings. The molecule has 9 heteroatoms. The summed E-state index contributed by atoms with van der Waals surface area (Å²) in [7, 11) is 3.50. The van der Waals surface area contributed by atoms with Crippen molar-refractivity contribution in [3.8, 4) is 22.9 Å². The van der Waals surface area contributed by atoms with Crippen LogP contribution in [0.3, 0.4) is 0 Å². The molecule has 1 saturated heterocycles. The highest BCUT2D eigenvalue weighted by Crippen LogP contribution is 2.35. The second kappa shape index (κ2) is 7.88. The first-order valence-corrected chi connectivity index (χ1v) is 11.4. The van der Waals surface area contributed by atoms with Gasteiger partial charge in [0.2, 0.25) is 0 Å². The summed E-state index contributed by atoms with van der Waals surface area (Å²) in [4.78, 5) is 30.1.